The van der Waals surface area contributed by atoms with Gasteiger partial charge in [0.25, 0.3) is 5.91 Å². The van der Waals surface area contributed by atoms with Gasteiger partial charge in [0, 0.05) is 11.3 Å². The second-order valence-electron chi connectivity index (χ2n) is 6.22. The molecule has 29 heavy (non-hydrogen) atoms. The summed E-state index contributed by atoms with van der Waals surface area (Å²) in [5, 5.41) is 6.03. The van der Waals surface area contributed by atoms with Gasteiger partial charge in [-0.1, -0.05) is 25.1 Å². The van der Waals surface area contributed by atoms with Gasteiger partial charge in [-0.05, 0) is 43.7 Å². The van der Waals surface area contributed by atoms with Gasteiger partial charge >= 0.3 is 5.97 Å². The number of amidine groups is 1. The molecule has 2 N–H and O–H groups in total. The van der Waals surface area contributed by atoms with E-state index in [1.54, 1.807) is 37.3 Å². The van der Waals surface area contributed by atoms with Gasteiger partial charge in [-0.15, -0.1) is 0 Å². The highest BCUT2D eigenvalue weighted by molar-refractivity contribution is 6.25. The third kappa shape index (κ3) is 4.45. The van der Waals surface area contributed by atoms with Crippen LogP contribution in [-0.4, -0.2) is 31.4 Å². The summed E-state index contributed by atoms with van der Waals surface area (Å²) in [7, 11) is 1.53. The van der Waals surface area contributed by atoms with Crippen LogP contribution in [0.5, 0.6) is 5.75 Å². The predicted molar refractivity (Wildman–Crippen MR) is 112 cm³/mol. The van der Waals surface area contributed by atoms with Gasteiger partial charge in [-0.3, -0.25) is 4.79 Å². The van der Waals surface area contributed by atoms with Crippen molar-refractivity contribution in [3.63, 3.8) is 0 Å². The first-order valence-corrected chi connectivity index (χ1v) is 9.38. The summed E-state index contributed by atoms with van der Waals surface area (Å²) in [4.78, 5) is 30.2. The quantitative estimate of drug-likeness (QED) is 0.754. The molecule has 7 heteroatoms. The van der Waals surface area contributed by atoms with E-state index in [2.05, 4.69) is 15.6 Å². The molecule has 2 aromatic carbocycles. The number of amides is 1. The number of para-hydroxylation sites is 2. The van der Waals surface area contributed by atoms with Crippen LogP contribution < -0.4 is 15.4 Å². The zero-order valence-corrected chi connectivity index (χ0v) is 16.6. The van der Waals surface area contributed by atoms with E-state index in [-0.39, 0.29) is 18.0 Å². The van der Waals surface area contributed by atoms with Crippen LogP contribution in [0, 0.1) is 0 Å². The summed E-state index contributed by atoms with van der Waals surface area (Å²) >= 11 is 0. The SMILES string of the molecule is CCOC(=O)C1=C(CC)Nc2ccccc2N=C1NC(=O)c1cccc(OC)c1. The molecule has 0 aliphatic carbocycles. The fourth-order valence-corrected chi connectivity index (χ4v) is 2.94. The van der Waals surface area contributed by atoms with Crippen molar-refractivity contribution in [1.82, 2.24) is 5.32 Å². The second-order valence-corrected chi connectivity index (χ2v) is 6.22. The Labute approximate surface area is 169 Å². The number of ether oxygens (including phenoxy) is 2. The first kappa shape index (κ1) is 20.1. The number of fused-ring (bicyclic) bond motifs is 1. The highest BCUT2D eigenvalue weighted by Crippen LogP contribution is 2.31. The molecule has 0 saturated heterocycles. The third-order valence-corrected chi connectivity index (χ3v) is 4.36. The topological polar surface area (TPSA) is 89.0 Å². The van der Waals surface area contributed by atoms with Crippen LogP contribution in [0.15, 0.2) is 64.8 Å². The van der Waals surface area contributed by atoms with Crippen LogP contribution in [0.3, 0.4) is 0 Å². The summed E-state index contributed by atoms with van der Waals surface area (Å²) in [6, 6.07) is 14.1. The number of aliphatic imine (C=N–C) groups is 1. The summed E-state index contributed by atoms with van der Waals surface area (Å²) in [6.07, 6.45) is 0.524. The third-order valence-electron chi connectivity index (χ3n) is 4.36. The number of hydrogen-bond donors (Lipinski definition) is 2. The molecule has 0 aromatic heterocycles. The maximum Gasteiger partial charge on any atom is 0.343 e. The molecule has 0 fully saturated rings. The molecule has 0 unspecified atom stereocenters. The van der Waals surface area contributed by atoms with Crippen molar-refractivity contribution in [2.45, 2.75) is 20.3 Å². The maximum absolute atomic E-state index is 12.9. The lowest BCUT2D eigenvalue weighted by Crippen LogP contribution is -2.35. The molecule has 1 amide bonds. The van der Waals surface area contributed by atoms with Crippen LogP contribution in [0.25, 0.3) is 0 Å². The number of nitrogens with zero attached hydrogens (tertiary/aromatic N) is 1. The summed E-state index contributed by atoms with van der Waals surface area (Å²) < 4.78 is 10.4. The molecule has 3 rings (SSSR count). The zero-order chi connectivity index (χ0) is 20.8. The summed E-state index contributed by atoms with van der Waals surface area (Å²) in [5.41, 5.74) is 2.58. The molecule has 1 aliphatic rings. The van der Waals surface area contributed by atoms with Crippen molar-refractivity contribution in [2.24, 2.45) is 4.99 Å². The maximum atomic E-state index is 12.9. The van der Waals surface area contributed by atoms with E-state index in [1.165, 1.54) is 7.11 Å². The first-order valence-electron chi connectivity index (χ1n) is 9.38. The minimum atomic E-state index is -0.547. The monoisotopic (exact) mass is 393 g/mol. The van der Waals surface area contributed by atoms with Gasteiger partial charge < -0.3 is 20.1 Å². The van der Waals surface area contributed by atoms with E-state index >= 15 is 0 Å². The Morgan fingerprint density at radius 2 is 1.90 bits per heavy atom. The average Bonchev–Trinajstić information content (AvgIpc) is 2.90. The standard InChI is InChI=1S/C22H23N3O4/c1-4-16-19(22(27)29-5-2)20(24-18-12-7-6-11-17(18)23-16)25-21(26)14-9-8-10-15(13-14)28-3/h6-13,23H,4-5H2,1-3H3,(H,24,25,26). The molecule has 1 aliphatic heterocycles. The molecule has 0 atom stereocenters. The van der Waals surface area contributed by atoms with Crippen molar-refractivity contribution in [1.29, 1.82) is 0 Å². The Balaban J connectivity index is 2.06. The smallest absolute Gasteiger partial charge is 0.343 e. The number of carbonyl (C=O) groups excluding carboxylic acids is 2. The molecule has 2 aromatic rings. The second kappa shape index (κ2) is 9.05. The van der Waals surface area contributed by atoms with Crippen molar-refractivity contribution in [3.8, 4) is 5.75 Å². The molecular weight excluding hydrogens is 370 g/mol. The van der Waals surface area contributed by atoms with Gasteiger partial charge in [-0.25, -0.2) is 9.79 Å². The van der Waals surface area contributed by atoms with E-state index in [1.807, 2.05) is 25.1 Å². The lowest BCUT2D eigenvalue weighted by Gasteiger charge is -2.15. The predicted octanol–water partition coefficient (Wildman–Crippen LogP) is 3.81. The fraction of sp³-hybridized carbons (Fsp3) is 0.227. The highest BCUT2D eigenvalue weighted by atomic mass is 16.5. The summed E-state index contributed by atoms with van der Waals surface area (Å²) in [6.45, 7) is 3.86. The Kier molecular flexibility index (Phi) is 6.29. The van der Waals surface area contributed by atoms with Gasteiger partial charge in [0.15, 0.2) is 0 Å². The molecule has 1 heterocycles. The Hall–Kier alpha value is -3.61. The first-order chi connectivity index (χ1) is 14.1. The minimum absolute atomic E-state index is 0.144. The van der Waals surface area contributed by atoms with Crippen molar-refractivity contribution < 1.29 is 19.1 Å². The Morgan fingerprint density at radius 1 is 1.10 bits per heavy atom. The number of rotatable bonds is 5. The van der Waals surface area contributed by atoms with Crippen LogP contribution in [0.1, 0.15) is 30.6 Å². The molecular formula is C22H23N3O4. The number of hydrogen-bond acceptors (Lipinski definition) is 6. The van der Waals surface area contributed by atoms with Gasteiger partial charge in [-0.2, -0.15) is 0 Å². The average molecular weight is 393 g/mol. The van der Waals surface area contributed by atoms with Gasteiger partial charge in [0.2, 0.25) is 0 Å². The molecule has 0 spiro atoms. The normalized spacial score (nSPS) is 12.9. The number of nitrogens with one attached hydrogen (secondary N) is 2. The number of allylic oxidation sites excluding steroid dienone is 1. The Morgan fingerprint density at radius 3 is 2.62 bits per heavy atom. The van der Waals surface area contributed by atoms with Crippen LogP contribution in [-0.2, 0) is 9.53 Å². The van der Waals surface area contributed by atoms with Crippen molar-refractivity contribution >= 4 is 29.1 Å². The van der Waals surface area contributed by atoms with E-state index in [0.717, 1.165) is 5.69 Å². The molecule has 7 nitrogen and oxygen atoms in total. The molecule has 0 saturated carbocycles. The molecule has 0 bridgehead atoms. The highest BCUT2D eigenvalue weighted by Gasteiger charge is 2.27. The summed E-state index contributed by atoms with van der Waals surface area (Å²) in [5.74, 6) is -0.248. The van der Waals surface area contributed by atoms with E-state index in [9.17, 15) is 9.59 Å². The van der Waals surface area contributed by atoms with Gasteiger partial charge in [0.1, 0.15) is 17.2 Å². The van der Waals surface area contributed by atoms with Crippen LogP contribution in [0.2, 0.25) is 0 Å². The lowest BCUT2D eigenvalue weighted by atomic mass is 10.1. The molecule has 0 radical (unpaired) electrons. The lowest BCUT2D eigenvalue weighted by molar-refractivity contribution is -0.137. The number of benzene rings is 2. The van der Waals surface area contributed by atoms with Crippen LogP contribution in [0.4, 0.5) is 11.4 Å². The number of esters is 1. The van der Waals surface area contributed by atoms with Gasteiger partial charge in [0.05, 0.1) is 25.1 Å². The van der Waals surface area contributed by atoms with E-state index in [0.29, 0.717) is 29.1 Å². The largest absolute Gasteiger partial charge is 0.497 e. The zero-order valence-electron chi connectivity index (χ0n) is 16.6. The van der Waals surface area contributed by atoms with Crippen LogP contribution >= 0.6 is 0 Å². The molecule has 150 valence electrons. The van der Waals surface area contributed by atoms with E-state index < -0.39 is 11.9 Å². The van der Waals surface area contributed by atoms with E-state index in [4.69, 9.17) is 9.47 Å². The minimum Gasteiger partial charge on any atom is -0.497 e. The van der Waals surface area contributed by atoms with Crippen molar-refractivity contribution in [3.05, 3.63) is 65.4 Å². The number of carbonyl (C=O) groups is 2. The number of anilines is 1. The fourth-order valence-electron chi connectivity index (χ4n) is 2.94. The number of methoxy groups -OCH3 is 1. The Bertz CT molecular complexity index is 995. The van der Waals surface area contributed by atoms with Crippen molar-refractivity contribution in [2.75, 3.05) is 19.0 Å².